The lowest BCUT2D eigenvalue weighted by Gasteiger charge is -2.14. The second-order valence-electron chi connectivity index (χ2n) is 7.11. The van der Waals surface area contributed by atoms with Gasteiger partial charge >= 0.3 is 5.97 Å². The quantitative estimate of drug-likeness (QED) is 0.399. The van der Waals surface area contributed by atoms with Gasteiger partial charge in [-0.05, 0) is 42.0 Å². The number of hydrogen-bond acceptors (Lipinski definition) is 2. The normalized spacial score (nSPS) is 12.1. The smallest absolute Gasteiger partial charge is 0.307 e. The minimum Gasteiger partial charge on any atom is -0.494 e. The molecular formula is C22H36O3. The fraction of sp³-hybridized carbons (Fsp3) is 0.682. The minimum absolute atomic E-state index is 0.0540. The summed E-state index contributed by atoms with van der Waals surface area (Å²) in [5.74, 6) is 0.437. The fourth-order valence-electron chi connectivity index (χ4n) is 2.99. The monoisotopic (exact) mass is 348 g/mol. The van der Waals surface area contributed by atoms with Gasteiger partial charge in [0.1, 0.15) is 5.75 Å². The summed E-state index contributed by atoms with van der Waals surface area (Å²) in [6.07, 6.45) is 11.3. The highest BCUT2D eigenvalue weighted by atomic mass is 16.5. The molecule has 0 aliphatic rings. The Morgan fingerprint density at radius 2 is 1.64 bits per heavy atom. The van der Waals surface area contributed by atoms with Crippen LogP contribution in [0.25, 0.3) is 0 Å². The average Bonchev–Trinajstić information content (AvgIpc) is 2.58. The molecule has 1 atom stereocenters. The van der Waals surface area contributed by atoms with Gasteiger partial charge in [-0.3, -0.25) is 4.79 Å². The van der Waals surface area contributed by atoms with Crippen LogP contribution in [-0.2, 0) is 11.2 Å². The Kier molecular flexibility index (Phi) is 11.0. The van der Waals surface area contributed by atoms with Gasteiger partial charge in [-0.1, -0.05) is 71.8 Å². The van der Waals surface area contributed by atoms with Crippen LogP contribution in [0.5, 0.6) is 5.75 Å². The van der Waals surface area contributed by atoms with Crippen molar-refractivity contribution in [3.8, 4) is 5.75 Å². The molecule has 142 valence electrons. The van der Waals surface area contributed by atoms with Crippen molar-refractivity contribution < 1.29 is 14.6 Å². The zero-order valence-electron chi connectivity index (χ0n) is 16.4. The third kappa shape index (κ3) is 9.52. The van der Waals surface area contributed by atoms with Crippen LogP contribution in [0.1, 0.15) is 95.6 Å². The number of unbranched alkanes of at least 4 members (excludes halogenated alkanes) is 7. The average molecular weight is 349 g/mol. The summed E-state index contributed by atoms with van der Waals surface area (Å²) in [6, 6.07) is 5.96. The van der Waals surface area contributed by atoms with E-state index in [-0.39, 0.29) is 6.42 Å². The number of carboxylic acid groups (broad SMARTS) is 1. The van der Waals surface area contributed by atoms with E-state index in [0.29, 0.717) is 12.5 Å². The molecule has 1 aromatic rings. The Balaban J connectivity index is 2.42. The van der Waals surface area contributed by atoms with Crippen molar-refractivity contribution in [1.29, 1.82) is 0 Å². The van der Waals surface area contributed by atoms with E-state index in [0.717, 1.165) is 24.2 Å². The lowest BCUT2D eigenvalue weighted by Crippen LogP contribution is -2.04. The predicted molar refractivity (Wildman–Crippen MR) is 105 cm³/mol. The molecular weight excluding hydrogens is 312 g/mol. The number of ether oxygens (including phenoxy) is 1. The molecule has 0 fully saturated rings. The molecule has 25 heavy (non-hydrogen) atoms. The van der Waals surface area contributed by atoms with Crippen LogP contribution in [0.15, 0.2) is 18.2 Å². The number of aliphatic carboxylic acids is 1. The van der Waals surface area contributed by atoms with Crippen LogP contribution in [-0.4, -0.2) is 17.7 Å². The maximum absolute atomic E-state index is 11.0. The van der Waals surface area contributed by atoms with E-state index in [9.17, 15) is 4.79 Å². The Morgan fingerprint density at radius 3 is 2.24 bits per heavy atom. The van der Waals surface area contributed by atoms with Gasteiger partial charge in [-0.2, -0.15) is 0 Å². The van der Waals surface area contributed by atoms with Gasteiger partial charge in [0.25, 0.3) is 0 Å². The molecule has 0 spiro atoms. The second kappa shape index (κ2) is 12.8. The second-order valence-corrected chi connectivity index (χ2v) is 7.11. The number of hydrogen-bond donors (Lipinski definition) is 1. The first-order valence-electron chi connectivity index (χ1n) is 10.0. The van der Waals surface area contributed by atoms with E-state index in [1.165, 1.54) is 50.5 Å². The maximum Gasteiger partial charge on any atom is 0.307 e. The van der Waals surface area contributed by atoms with E-state index in [4.69, 9.17) is 9.84 Å². The van der Waals surface area contributed by atoms with E-state index in [2.05, 4.69) is 26.8 Å². The molecule has 1 unspecified atom stereocenters. The van der Waals surface area contributed by atoms with Gasteiger partial charge in [-0.15, -0.1) is 0 Å². The first kappa shape index (κ1) is 21.5. The summed E-state index contributed by atoms with van der Waals surface area (Å²) >= 11 is 0. The third-order valence-corrected chi connectivity index (χ3v) is 4.79. The van der Waals surface area contributed by atoms with Crippen molar-refractivity contribution >= 4 is 5.97 Å². The van der Waals surface area contributed by atoms with Crippen LogP contribution in [0.2, 0.25) is 0 Å². The van der Waals surface area contributed by atoms with Gasteiger partial charge in [0.15, 0.2) is 0 Å². The van der Waals surface area contributed by atoms with Crippen LogP contribution in [0.3, 0.4) is 0 Å². The van der Waals surface area contributed by atoms with Crippen molar-refractivity contribution in [3.05, 3.63) is 29.3 Å². The van der Waals surface area contributed by atoms with E-state index in [1.54, 1.807) is 0 Å². The third-order valence-electron chi connectivity index (χ3n) is 4.79. The lowest BCUT2D eigenvalue weighted by molar-refractivity contribution is -0.136. The zero-order chi connectivity index (χ0) is 18.5. The van der Waals surface area contributed by atoms with Crippen molar-refractivity contribution in [2.45, 2.75) is 90.9 Å². The summed E-state index contributed by atoms with van der Waals surface area (Å²) in [6.45, 7) is 7.28. The van der Waals surface area contributed by atoms with Crippen molar-refractivity contribution in [2.24, 2.45) is 0 Å². The standard InChI is InChI=1S/C22H36O3/c1-4-6-7-8-9-10-11-12-13-25-21-15-19(16-22(23)24)14-20(17-21)18(3)5-2/h14-15,17-18H,4-13,16H2,1-3H3,(H,23,24). The highest BCUT2D eigenvalue weighted by Gasteiger charge is 2.10. The summed E-state index contributed by atoms with van der Waals surface area (Å²) < 4.78 is 5.92. The van der Waals surface area contributed by atoms with E-state index < -0.39 is 5.97 Å². The predicted octanol–water partition coefficient (Wildman–Crippen LogP) is 6.35. The maximum atomic E-state index is 11.0. The van der Waals surface area contributed by atoms with Crippen LogP contribution in [0, 0.1) is 0 Å². The molecule has 1 aromatic carbocycles. The van der Waals surface area contributed by atoms with Crippen molar-refractivity contribution in [1.82, 2.24) is 0 Å². The number of carboxylic acids is 1. The van der Waals surface area contributed by atoms with Crippen LogP contribution < -0.4 is 4.74 Å². The van der Waals surface area contributed by atoms with Gasteiger partial charge in [-0.25, -0.2) is 0 Å². The zero-order valence-corrected chi connectivity index (χ0v) is 16.4. The Bertz CT molecular complexity index is 496. The summed E-state index contributed by atoms with van der Waals surface area (Å²) in [7, 11) is 0. The lowest BCUT2D eigenvalue weighted by atomic mass is 9.95. The van der Waals surface area contributed by atoms with E-state index >= 15 is 0 Å². The molecule has 0 aliphatic carbocycles. The number of carbonyl (C=O) groups is 1. The summed E-state index contributed by atoms with van der Waals surface area (Å²) in [4.78, 5) is 11.0. The fourth-order valence-corrected chi connectivity index (χ4v) is 2.99. The first-order chi connectivity index (χ1) is 12.1. The van der Waals surface area contributed by atoms with Crippen LogP contribution in [0.4, 0.5) is 0 Å². The Morgan fingerprint density at radius 1 is 1.00 bits per heavy atom. The molecule has 0 aromatic heterocycles. The highest BCUT2D eigenvalue weighted by molar-refractivity contribution is 5.70. The number of benzene rings is 1. The molecule has 3 heteroatoms. The van der Waals surface area contributed by atoms with Crippen molar-refractivity contribution in [3.63, 3.8) is 0 Å². The molecule has 1 N–H and O–H groups in total. The molecule has 0 radical (unpaired) electrons. The molecule has 0 saturated carbocycles. The minimum atomic E-state index is -0.796. The molecule has 0 aliphatic heterocycles. The first-order valence-corrected chi connectivity index (χ1v) is 10.0. The Hall–Kier alpha value is -1.51. The van der Waals surface area contributed by atoms with Gasteiger partial charge in [0.05, 0.1) is 13.0 Å². The number of rotatable bonds is 14. The SMILES string of the molecule is CCCCCCCCCCOc1cc(CC(=O)O)cc(C(C)CC)c1. The van der Waals surface area contributed by atoms with Gasteiger partial charge < -0.3 is 9.84 Å². The van der Waals surface area contributed by atoms with Crippen LogP contribution >= 0.6 is 0 Å². The largest absolute Gasteiger partial charge is 0.494 e. The van der Waals surface area contributed by atoms with Gasteiger partial charge in [0, 0.05) is 0 Å². The van der Waals surface area contributed by atoms with Crippen molar-refractivity contribution in [2.75, 3.05) is 6.61 Å². The summed E-state index contributed by atoms with van der Waals surface area (Å²) in [5.41, 5.74) is 2.00. The summed E-state index contributed by atoms with van der Waals surface area (Å²) in [5, 5.41) is 9.05. The van der Waals surface area contributed by atoms with Gasteiger partial charge in [0.2, 0.25) is 0 Å². The topological polar surface area (TPSA) is 46.5 Å². The Labute approximate surface area is 153 Å². The molecule has 0 amide bonds. The molecule has 0 bridgehead atoms. The van der Waals surface area contributed by atoms with E-state index in [1.807, 2.05) is 12.1 Å². The molecule has 0 heterocycles. The molecule has 0 saturated heterocycles. The molecule has 1 rings (SSSR count). The highest BCUT2D eigenvalue weighted by Crippen LogP contribution is 2.26. The molecule has 3 nitrogen and oxygen atoms in total.